The van der Waals surface area contributed by atoms with Crippen LogP contribution in [0.4, 0.5) is 0 Å². The summed E-state index contributed by atoms with van der Waals surface area (Å²) in [5.41, 5.74) is 2.96. The first-order valence-electron chi connectivity index (χ1n) is 5.25. The normalized spacial score (nSPS) is 9.94. The summed E-state index contributed by atoms with van der Waals surface area (Å²) in [6.45, 7) is 2.11. The second kappa shape index (κ2) is 4.08. The van der Waals surface area contributed by atoms with Crippen LogP contribution in [0, 0.1) is 22.7 Å². The Hall–Kier alpha value is -2.26. The molecule has 0 saturated heterocycles. The van der Waals surface area contributed by atoms with Gasteiger partial charge in [0, 0.05) is 16.6 Å². The van der Waals surface area contributed by atoms with E-state index in [-0.39, 0.29) is 0 Å². The lowest BCUT2D eigenvalue weighted by Crippen LogP contribution is -1.83. The molecule has 1 N–H and O–H groups in total. The smallest absolute Gasteiger partial charge is 0.101 e. The predicted octanol–water partition coefficient (Wildman–Crippen LogP) is 2.86. The van der Waals surface area contributed by atoms with Crippen molar-refractivity contribution in [3.8, 4) is 12.1 Å². The van der Waals surface area contributed by atoms with Crippen LogP contribution in [0.15, 0.2) is 18.2 Å². The number of fused-ring (bicyclic) bond motifs is 1. The maximum absolute atomic E-state index is 9.07. The molecular formula is C13H11N3. The number of nitrogens with one attached hydrogen (secondary N) is 1. The maximum Gasteiger partial charge on any atom is 0.101 e. The van der Waals surface area contributed by atoms with Crippen molar-refractivity contribution in [2.45, 2.75) is 19.8 Å². The van der Waals surface area contributed by atoms with Gasteiger partial charge in [-0.25, -0.2) is 0 Å². The van der Waals surface area contributed by atoms with Crippen LogP contribution in [-0.2, 0) is 6.42 Å². The highest BCUT2D eigenvalue weighted by Crippen LogP contribution is 2.23. The SMILES string of the molecule is CCCc1cc2c(C#N)c(C#N)ccc2[nH]1. The van der Waals surface area contributed by atoms with Gasteiger partial charge in [0.1, 0.15) is 12.1 Å². The van der Waals surface area contributed by atoms with E-state index in [1.54, 1.807) is 6.07 Å². The van der Waals surface area contributed by atoms with Gasteiger partial charge in [-0.05, 0) is 24.6 Å². The minimum Gasteiger partial charge on any atom is -0.358 e. The molecule has 1 heterocycles. The predicted molar refractivity (Wildman–Crippen MR) is 61.7 cm³/mol. The van der Waals surface area contributed by atoms with E-state index in [4.69, 9.17) is 10.5 Å². The molecule has 0 aliphatic rings. The third-order valence-corrected chi connectivity index (χ3v) is 2.61. The molecule has 0 radical (unpaired) electrons. The van der Waals surface area contributed by atoms with Gasteiger partial charge in [-0.3, -0.25) is 0 Å². The second-order valence-electron chi connectivity index (χ2n) is 3.72. The van der Waals surface area contributed by atoms with Crippen LogP contribution in [0.1, 0.15) is 30.2 Å². The third-order valence-electron chi connectivity index (χ3n) is 2.61. The minimum atomic E-state index is 0.442. The van der Waals surface area contributed by atoms with Gasteiger partial charge in [0.15, 0.2) is 0 Å². The van der Waals surface area contributed by atoms with E-state index in [2.05, 4.69) is 18.0 Å². The number of benzene rings is 1. The Morgan fingerprint density at radius 3 is 2.69 bits per heavy atom. The van der Waals surface area contributed by atoms with Crippen molar-refractivity contribution in [3.05, 3.63) is 35.0 Å². The number of aromatic amines is 1. The molecule has 3 nitrogen and oxygen atoms in total. The molecule has 0 aliphatic heterocycles. The van der Waals surface area contributed by atoms with Crippen molar-refractivity contribution in [3.63, 3.8) is 0 Å². The van der Waals surface area contributed by atoms with E-state index in [9.17, 15) is 0 Å². The van der Waals surface area contributed by atoms with Gasteiger partial charge >= 0.3 is 0 Å². The maximum atomic E-state index is 9.07. The van der Waals surface area contributed by atoms with Crippen LogP contribution < -0.4 is 0 Å². The van der Waals surface area contributed by atoms with E-state index in [0.29, 0.717) is 11.1 Å². The Kier molecular flexibility index (Phi) is 2.62. The summed E-state index contributed by atoms with van der Waals surface area (Å²) in [7, 11) is 0. The first-order chi connectivity index (χ1) is 7.80. The fourth-order valence-corrected chi connectivity index (χ4v) is 1.88. The summed E-state index contributed by atoms with van der Waals surface area (Å²) in [5.74, 6) is 0. The highest BCUT2D eigenvalue weighted by molar-refractivity contribution is 5.88. The molecule has 78 valence electrons. The summed E-state index contributed by atoms with van der Waals surface area (Å²) in [5, 5.41) is 18.8. The summed E-state index contributed by atoms with van der Waals surface area (Å²) in [4.78, 5) is 3.26. The van der Waals surface area contributed by atoms with Crippen LogP contribution in [0.3, 0.4) is 0 Å². The van der Waals surface area contributed by atoms with Crippen LogP contribution in [0.2, 0.25) is 0 Å². The zero-order valence-corrected chi connectivity index (χ0v) is 9.04. The number of aryl methyl sites for hydroxylation is 1. The summed E-state index contributed by atoms with van der Waals surface area (Å²) in [6, 6.07) is 9.66. The Labute approximate surface area is 93.9 Å². The lowest BCUT2D eigenvalue weighted by atomic mass is 10.0. The fourth-order valence-electron chi connectivity index (χ4n) is 1.88. The van der Waals surface area contributed by atoms with E-state index in [1.807, 2.05) is 18.2 Å². The number of rotatable bonds is 2. The van der Waals surface area contributed by atoms with Crippen LogP contribution in [-0.4, -0.2) is 4.98 Å². The number of nitrogens with zero attached hydrogens (tertiary/aromatic N) is 2. The van der Waals surface area contributed by atoms with E-state index < -0.39 is 0 Å². The summed E-state index contributed by atoms with van der Waals surface area (Å²) >= 11 is 0. The second-order valence-corrected chi connectivity index (χ2v) is 3.72. The van der Waals surface area contributed by atoms with Gasteiger partial charge in [-0.15, -0.1) is 0 Å². The molecule has 0 aliphatic carbocycles. The van der Waals surface area contributed by atoms with Crippen molar-refractivity contribution >= 4 is 10.9 Å². The molecule has 0 spiro atoms. The van der Waals surface area contributed by atoms with Crippen LogP contribution >= 0.6 is 0 Å². The quantitative estimate of drug-likeness (QED) is 0.826. The van der Waals surface area contributed by atoms with Crippen LogP contribution in [0.5, 0.6) is 0 Å². The molecular weight excluding hydrogens is 198 g/mol. The molecule has 0 fully saturated rings. The molecule has 0 saturated carbocycles. The highest BCUT2D eigenvalue weighted by atomic mass is 14.7. The number of hydrogen-bond acceptors (Lipinski definition) is 2. The van der Waals surface area contributed by atoms with Gasteiger partial charge in [-0.1, -0.05) is 13.3 Å². The standard InChI is InChI=1S/C13H11N3/c1-2-3-10-6-11-12(8-15)9(7-14)4-5-13(11)16-10/h4-6,16H,2-3H2,1H3. The zero-order chi connectivity index (χ0) is 11.5. The Morgan fingerprint density at radius 1 is 1.25 bits per heavy atom. The van der Waals surface area contributed by atoms with E-state index >= 15 is 0 Å². The number of hydrogen-bond donors (Lipinski definition) is 1. The van der Waals surface area contributed by atoms with Crippen molar-refractivity contribution in [2.24, 2.45) is 0 Å². The van der Waals surface area contributed by atoms with Crippen molar-refractivity contribution in [2.75, 3.05) is 0 Å². The first kappa shape index (κ1) is 10.3. The lowest BCUT2D eigenvalue weighted by molar-refractivity contribution is 0.896. The van der Waals surface area contributed by atoms with Crippen LogP contribution in [0.25, 0.3) is 10.9 Å². The Morgan fingerprint density at radius 2 is 2.06 bits per heavy atom. The molecule has 0 amide bonds. The first-order valence-corrected chi connectivity index (χ1v) is 5.25. The van der Waals surface area contributed by atoms with Gasteiger partial charge in [0.2, 0.25) is 0 Å². The van der Waals surface area contributed by atoms with E-state index in [0.717, 1.165) is 29.4 Å². The topological polar surface area (TPSA) is 63.4 Å². The Balaban J connectivity index is 2.69. The summed E-state index contributed by atoms with van der Waals surface area (Å²) in [6.07, 6.45) is 2.02. The highest BCUT2D eigenvalue weighted by Gasteiger charge is 2.09. The largest absolute Gasteiger partial charge is 0.358 e. The lowest BCUT2D eigenvalue weighted by Gasteiger charge is -1.95. The van der Waals surface area contributed by atoms with Gasteiger partial charge in [-0.2, -0.15) is 10.5 Å². The molecule has 0 unspecified atom stereocenters. The third kappa shape index (κ3) is 1.53. The van der Waals surface area contributed by atoms with Gasteiger partial charge in [0.25, 0.3) is 0 Å². The molecule has 2 rings (SSSR count). The van der Waals surface area contributed by atoms with Crippen molar-refractivity contribution < 1.29 is 0 Å². The monoisotopic (exact) mass is 209 g/mol. The van der Waals surface area contributed by atoms with Crippen molar-refractivity contribution in [1.82, 2.24) is 4.98 Å². The average Bonchev–Trinajstić information content (AvgIpc) is 2.70. The molecule has 16 heavy (non-hydrogen) atoms. The van der Waals surface area contributed by atoms with Crippen molar-refractivity contribution in [1.29, 1.82) is 10.5 Å². The van der Waals surface area contributed by atoms with Gasteiger partial charge < -0.3 is 4.98 Å². The molecule has 1 aromatic carbocycles. The molecule has 0 atom stereocenters. The fraction of sp³-hybridized carbons (Fsp3) is 0.231. The van der Waals surface area contributed by atoms with Gasteiger partial charge in [0.05, 0.1) is 11.1 Å². The Bertz CT molecular complexity index is 608. The molecule has 3 heteroatoms. The number of H-pyrrole nitrogens is 1. The van der Waals surface area contributed by atoms with E-state index in [1.165, 1.54) is 0 Å². The minimum absolute atomic E-state index is 0.442. The molecule has 0 bridgehead atoms. The summed E-state index contributed by atoms with van der Waals surface area (Å²) < 4.78 is 0. The molecule has 1 aromatic heterocycles. The average molecular weight is 209 g/mol. The number of aromatic nitrogens is 1. The number of nitriles is 2. The zero-order valence-electron chi connectivity index (χ0n) is 9.04. The molecule has 2 aromatic rings.